The van der Waals surface area contributed by atoms with Gasteiger partial charge in [-0.3, -0.25) is 9.59 Å². The lowest BCUT2D eigenvalue weighted by Crippen LogP contribution is -2.17. The van der Waals surface area contributed by atoms with Crippen molar-refractivity contribution in [2.24, 2.45) is 0 Å². The fourth-order valence-corrected chi connectivity index (χ4v) is 3.36. The number of nitrogens with one attached hydrogen (secondary N) is 1. The SMILES string of the molecule is CCn1cc(C(=O)Nc2cc(C)ccc2OC)c2nn(-c3ccccc3)c(=O)c-2c1. The molecule has 2 aromatic carbocycles. The van der Waals surface area contributed by atoms with Crippen LogP contribution in [0.2, 0.25) is 0 Å². The number of carbonyl (C=O) groups excluding carboxylic acids is 1. The van der Waals surface area contributed by atoms with Crippen LogP contribution >= 0.6 is 0 Å². The molecule has 1 N–H and O–H groups in total. The van der Waals surface area contributed by atoms with E-state index >= 15 is 0 Å². The van der Waals surface area contributed by atoms with Gasteiger partial charge >= 0.3 is 0 Å². The first kappa shape index (κ1) is 19.4. The molecule has 30 heavy (non-hydrogen) atoms. The number of aromatic nitrogens is 3. The van der Waals surface area contributed by atoms with E-state index in [1.807, 2.05) is 48.7 Å². The van der Waals surface area contributed by atoms with Crippen LogP contribution in [0, 0.1) is 6.92 Å². The number of ether oxygens (including phenoxy) is 1. The summed E-state index contributed by atoms with van der Waals surface area (Å²) in [6.07, 6.45) is 3.44. The van der Waals surface area contributed by atoms with Crippen molar-refractivity contribution in [3.8, 4) is 22.7 Å². The van der Waals surface area contributed by atoms with Crippen LogP contribution in [0.1, 0.15) is 22.8 Å². The highest BCUT2D eigenvalue weighted by Crippen LogP contribution is 2.28. The van der Waals surface area contributed by atoms with Crippen LogP contribution < -0.4 is 15.6 Å². The predicted molar refractivity (Wildman–Crippen MR) is 116 cm³/mol. The summed E-state index contributed by atoms with van der Waals surface area (Å²) in [5.74, 6) is 0.202. The number of methoxy groups -OCH3 is 1. The number of rotatable bonds is 5. The number of pyridine rings is 1. The van der Waals surface area contributed by atoms with Gasteiger partial charge in [0.05, 0.1) is 29.6 Å². The predicted octanol–water partition coefficient (Wildman–Crippen LogP) is 3.73. The van der Waals surface area contributed by atoms with Crippen LogP contribution in [0.25, 0.3) is 16.9 Å². The highest BCUT2D eigenvalue weighted by molar-refractivity contribution is 6.08. The molecule has 0 aliphatic carbocycles. The Morgan fingerprint density at radius 1 is 1.13 bits per heavy atom. The van der Waals surface area contributed by atoms with Crippen molar-refractivity contribution in [2.45, 2.75) is 20.4 Å². The molecule has 0 atom stereocenters. The summed E-state index contributed by atoms with van der Waals surface area (Å²) in [7, 11) is 1.55. The third kappa shape index (κ3) is 3.45. The van der Waals surface area contributed by atoms with Gasteiger partial charge < -0.3 is 14.6 Å². The number of hydrogen-bond donors (Lipinski definition) is 1. The van der Waals surface area contributed by atoms with Crippen LogP contribution in [-0.4, -0.2) is 27.4 Å². The van der Waals surface area contributed by atoms with Crippen LogP contribution in [0.4, 0.5) is 5.69 Å². The molecular weight excluding hydrogens is 380 g/mol. The summed E-state index contributed by atoms with van der Waals surface area (Å²) < 4.78 is 8.50. The second-order valence-electron chi connectivity index (χ2n) is 6.97. The molecule has 2 aliphatic heterocycles. The van der Waals surface area contributed by atoms with E-state index in [0.29, 0.717) is 40.5 Å². The largest absolute Gasteiger partial charge is 0.495 e. The summed E-state index contributed by atoms with van der Waals surface area (Å²) in [5, 5.41) is 7.38. The average molecular weight is 402 g/mol. The first-order chi connectivity index (χ1) is 14.5. The molecule has 0 saturated heterocycles. The monoisotopic (exact) mass is 402 g/mol. The number of amides is 1. The van der Waals surface area contributed by atoms with Gasteiger partial charge in [-0.1, -0.05) is 24.3 Å². The van der Waals surface area contributed by atoms with Crippen molar-refractivity contribution in [2.75, 3.05) is 12.4 Å². The van der Waals surface area contributed by atoms with Gasteiger partial charge in [-0.2, -0.15) is 9.78 Å². The number of aryl methyl sites for hydroxylation is 2. The molecule has 7 nitrogen and oxygen atoms in total. The fraction of sp³-hybridized carbons (Fsp3) is 0.174. The Kier molecular flexibility index (Phi) is 5.10. The molecule has 0 aromatic heterocycles. The number of hydrogen-bond acceptors (Lipinski definition) is 4. The number of carbonyl (C=O) groups is 1. The quantitative estimate of drug-likeness (QED) is 0.552. The lowest BCUT2D eigenvalue weighted by molar-refractivity contribution is 0.102. The van der Waals surface area contributed by atoms with E-state index in [2.05, 4.69) is 10.4 Å². The number of anilines is 1. The van der Waals surface area contributed by atoms with Crippen molar-refractivity contribution < 1.29 is 9.53 Å². The Labute approximate surface area is 173 Å². The zero-order valence-corrected chi connectivity index (χ0v) is 17.0. The zero-order valence-electron chi connectivity index (χ0n) is 17.0. The van der Waals surface area contributed by atoms with Crippen LogP contribution in [0.3, 0.4) is 0 Å². The highest BCUT2D eigenvalue weighted by atomic mass is 16.5. The minimum atomic E-state index is -0.357. The third-order valence-corrected chi connectivity index (χ3v) is 4.94. The van der Waals surface area contributed by atoms with Crippen molar-refractivity contribution in [1.82, 2.24) is 14.3 Å². The van der Waals surface area contributed by atoms with E-state index in [1.165, 1.54) is 4.68 Å². The standard InChI is InChI=1S/C23H22N4O3/c1-4-26-13-17(22(28)24-19-12-15(2)10-11-20(19)30-3)21-18(14-26)23(29)27(25-21)16-8-6-5-7-9-16/h5-14H,4H2,1-3H3,(H,24,28). The van der Waals surface area contributed by atoms with Gasteiger partial charge in [0.15, 0.2) is 0 Å². The van der Waals surface area contributed by atoms with Crippen molar-refractivity contribution in [3.05, 3.63) is 82.4 Å². The van der Waals surface area contributed by atoms with Gasteiger partial charge in [-0.05, 0) is 43.7 Å². The number of para-hydroxylation sites is 1. The Morgan fingerprint density at radius 3 is 2.60 bits per heavy atom. The number of benzene rings is 2. The molecule has 0 bridgehead atoms. The highest BCUT2D eigenvalue weighted by Gasteiger charge is 2.24. The topological polar surface area (TPSA) is 78.2 Å². The van der Waals surface area contributed by atoms with Gasteiger partial charge in [0.1, 0.15) is 11.4 Å². The normalized spacial score (nSPS) is 10.9. The van der Waals surface area contributed by atoms with Gasteiger partial charge in [-0.25, -0.2) is 0 Å². The third-order valence-electron chi connectivity index (χ3n) is 4.94. The van der Waals surface area contributed by atoms with E-state index in [9.17, 15) is 9.59 Å². The molecule has 152 valence electrons. The Morgan fingerprint density at radius 2 is 1.90 bits per heavy atom. The molecule has 0 spiro atoms. The summed E-state index contributed by atoms with van der Waals surface area (Å²) in [6.45, 7) is 4.50. The van der Waals surface area contributed by atoms with Gasteiger partial charge in [0, 0.05) is 18.9 Å². The second kappa shape index (κ2) is 7.87. The lowest BCUT2D eigenvalue weighted by Gasteiger charge is -2.14. The minimum Gasteiger partial charge on any atom is -0.495 e. The van der Waals surface area contributed by atoms with Crippen LogP contribution in [0.15, 0.2) is 65.7 Å². The maximum Gasteiger partial charge on any atom is 0.282 e. The second-order valence-corrected chi connectivity index (χ2v) is 6.97. The molecule has 4 rings (SSSR count). The van der Waals surface area contributed by atoms with E-state index in [1.54, 1.807) is 37.7 Å². The molecular formula is C23H22N4O3. The maximum absolute atomic E-state index is 13.2. The minimum absolute atomic E-state index is 0.263. The molecule has 0 unspecified atom stereocenters. The lowest BCUT2D eigenvalue weighted by atomic mass is 10.1. The van der Waals surface area contributed by atoms with Crippen molar-refractivity contribution in [1.29, 1.82) is 0 Å². The average Bonchev–Trinajstić information content (AvgIpc) is 3.10. The van der Waals surface area contributed by atoms with E-state index < -0.39 is 0 Å². The van der Waals surface area contributed by atoms with Gasteiger partial charge in [0.2, 0.25) is 0 Å². The smallest absolute Gasteiger partial charge is 0.282 e. The molecule has 2 aliphatic rings. The van der Waals surface area contributed by atoms with Crippen LogP contribution in [-0.2, 0) is 6.54 Å². The summed E-state index contributed by atoms with van der Waals surface area (Å²) in [4.78, 5) is 26.2. The molecule has 0 fully saturated rings. The van der Waals surface area contributed by atoms with Crippen molar-refractivity contribution >= 4 is 11.6 Å². The summed E-state index contributed by atoms with van der Waals surface area (Å²) in [6, 6.07) is 14.7. The Balaban J connectivity index is 1.83. The fourth-order valence-electron chi connectivity index (χ4n) is 3.36. The Bertz CT molecular complexity index is 1240. The first-order valence-corrected chi connectivity index (χ1v) is 9.66. The molecule has 7 heteroatoms. The van der Waals surface area contributed by atoms with Crippen LogP contribution in [0.5, 0.6) is 5.75 Å². The van der Waals surface area contributed by atoms with E-state index in [-0.39, 0.29) is 11.5 Å². The molecule has 1 amide bonds. The Hall–Kier alpha value is -3.87. The van der Waals surface area contributed by atoms with Gasteiger partial charge in [-0.15, -0.1) is 0 Å². The summed E-state index contributed by atoms with van der Waals surface area (Å²) >= 11 is 0. The molecule has 0 saturated carbocycles. The molecule has 0 radical (unpaired) electrons. The van der Waals surface area contributed by atoms with E-state index in [0.717, 1.165) is 5.56 Å². The number of fused-ring (bicyclic) bond motifs is 1. The molecule has 2 heterocycles. The summed E-state index contributed by atoms with van der Waals surface area (Å²) in [5.41, 5.74) is 3.01. The van der Waals surface area contributed by atoms with Crippen molar-refractivity contribution in [3.63, 3.8) is 0 Å². The van der Waals surface area contributed by atoms with Gasteiger partial charge in [0.25, 0.3) is 11.5 Å². The molecule has 2 aromatic rings. The van der Waals surface area contributed by atoms with E-state index in [4.69, 9.17) is 4.74 Å². The number of nitrogens with zero attached hydrogens (tertiary/aromatic N) is 3. The zero-order chi connectivity index (χ0) is 21.3. The maximum atomic E-state index is 13.2. The first-order valence-electron chi connectivity index (χ1n) is 9.66.